The molecule has 0 spiro atoms. The minimum Gasteiger partial charge on any atom is -0.489 e. The molecule has 0 radical (unpaired) electrons. The molecule has 1 aromatic heterocycles. The van der Waals surface area contributed by atoms with Gasteiger partial charge in [0.05, 0.1) is 17.8 Å². The summed E-state index contributed by atoms with van der Waals surface area (Å²) in [6.07, 6.45) is 2.08. The molecular formula is C13H16N4O3. The van der Waals surface area contributed by atoms with Crippen molar-refractivity contribution in [3.63, 3.8) is 0 Å². The summed E-state index contributed by atoms with van der Waals surface area (Å²) in [5.41, 5.74) is 1.29. The molecule has 106 valence electrons. The first-order valence-corrected chi connectivity index (χ1v) is 6.08. The predicted molar refractivity (Wildman–Crippen MR) is 76.1 cm³/mol. The Morgan fingerprint density at radius 3 is 2.85 bits per heavy atom. The zero-order valence-corrected chi connectivity index (χ0v) is 11.3. The Kier molecular flexibility index (Phi) is 4.67. The third kappa shape index (κ3) is 2.94. The molecule has 2 N–H and O–H groups in total. The van der Waals surface area contributed by atoms with Crippen LogP contribution in [-0.2, 0) is 9.53 Å². The second-order valence-electron chi connectivity index (χ2n) is 3.94. The molecule has 0 atom stereocenters. The summed E-state index contributed by atoms with van der Waals surface area (Å²) >= 11 is 0. The Balaban J connectivity index is 2.44. The maximum Gasteiger partial charge on any atom is 0.211 e. The van der Waals surface area contributed by atoms with Crippen LogP contribution in [0.2, 0.25) is 0 Å². The number of benzene rings is 1. The van der Waals surface area contributed by atoms with Gasteiger partial charge in [-0.05, 0) is 6.07 Å². The lowest BCUT2D eigenvalue weighted by Crippen LogP contribution is -2.07. The largest absolute Gasteiger partial charge is 0.489 e. The van der Waals surface area contributed by atoms with Crippen LogP contribution in [0.3, 0.4) is 0 Å². The maximum atomic E-state index is 10.7. The number of anilines is 2. The van der Waals surface area contributed by atoms with Gasteiger partial charge in [0, 0.05) is 25.6 Å². The van der Waals surface area contributed by atoms with Gasteiger partial charge in [-0.25, -0.2) is 9.97 Å². The normalized spacial score (nSPS) is 10.3. The third-order valence-corrected chi connectivity index (χ3v) is 2.73. The third-order valence-electron chi connectivity index (χ3n) is 2.73. The zero-order valence-electron chi connectivity index (χ0n) is 11.3. The molecule has 7 nitrogen and oxygen atoms in total. The van der Waals surface area contributed by atoms with E-state index in [9.17, 15) is 4.79 Å². The summed E-state index contributed by atoms with van der Waals surface area (Å²) in [6.45, 7) is 0.851. The number of nitrogens with zero attached hydrogens (tertiary/aromatic N) is 2. The highest BCUT2D eigenvalue weighted by Gasteiger charge is 2.10. The summed E-state index contributed by atoms with van der Waals surface area (Å²) in [7, 11) is 3.37. The van der Waals surface area contributed by atoms with E-state index in [-0.39, 0.29) is 0 Å². The number of fused-ring (bicyclic) bond motifs is 1. The average Bonchev–Trinajstić information content (AvgIpc) is 2.47. The Bertz CT molecular complexity index is 603. The Labute approximate surface area is 116 Å². The number of nitrogens with one attached hydrogen (secondary N) is 2. The van der Waals surface area contributed by atoms with Gasteiger partial charge in [0.25, 0.3) is 0 Å². The van der Waals surface area contributed by atoms with Gasteiger partial charge in [-0.1, -0.05) is 0 Å². The molecule has 20 heavy (non-hydrogen) atoms. The molecular weight excluding hydrogens is 260 g/mol. The van der Waals surface area contributed by atoms with Crippen molar-refractivity contribution in [1.82, 2.24) is 9.97 Å². The first kappa shape index (κ1) is 14.0. The molecule has 2 rings (SSSR count). The fourth-order valence-corrected chi connectivity index (χ4v) is 1.81. The van der Waals surface area contributed by atoms with Crippen LogP contribution in [0.1, 0.15) is 0 Å². The first-order valence-electron chi connectivity index (χ1n) is 6.08. The molecule has 1 amide bonds. The Morgan fingerprint density at radius 2 is 2.15 bits per heavy atom. The minimum absolute atomic E-state index is 0.388. The Hall–Kier alpha value is -2.41. The van der Waals surface area contributed by atoms with Crippen molar-refractivity contribution in [2.24, 2.45) is 0 Å². The van der Waals surface area contributed by atoms with Crippen molar-refractivity contribution in [2.45, 2.75) is 0 Å². The number of aromatic nitrogens is 2. The monoisotopic (exact) mass is 276 g/mol. The van der Waals surface area contributed by atoms with E-state index in [4.69, 9.17) is 9.47 Å². The van der Waals surface area contributed by atoms with E-state index in [1.165, 1.54) is 6.33 Å². The van der Waals surface area contributed by atoms with Crippen molar-refractivity contribution >= 4 is 28.8 Å². The van der Waals surface area contributed by atoms with Crippen LogP contribution in [0.4, 0.5) is 11.5 Å². The fraction of sp³-hybridized carbons (Fsp3) is 0.308. The molecule has 0 fully saturated rings. The highest BCUT2D eigenvalue weighted by molar-refractivity contribution is 5.95. The maximum absolute atomic E-state index is 10.7. The topological polar surface area (TPSA) is 85.4 Å². The summed E-state index contributed by atoms with van der Waals surface area (Å²) in [6, 6.07) is 3.54. The van der Waals surface area contributed by atoms with Crippen LogP contribution in [-0.4, -0.2) is 43.7 Å². The van der Waals surface area contributed by atoms with E-state index in [2.05, 4.69) is 20.6 Å². The molecule has 7 heteroatoms. The zero-order chi connectivity index (χ0) is 14.4. The van der Waals surface area contributed by atoms with Crippen molar-refractivity contribution in [3.05, 3.63) is 18.5 Å². The van der Waals surface area contributed by atoms with E-state index in [1.807, 2.05) is 0 Å². The molecule has 0 bridgehead atoms. The lowest BCUT2D eigenvalue weighted by Gasteiger charge is -2.12. The smallest absolute Gasteiger partial charge is 0.211 e. The van der Waals surface area contributed by atoms with Crippen molar-refractivity contribution in [2.75, 3.05) is 38.0 Å². The van der Waals surface area contributed by atoms with Gasteiger partial charge in [0.1, 0.15) is 24.5 Å². The lowest BCUT2D eigenvalue weighted by molar-refractivity contribution is -0.105. The van der Waals surface area contributed by atoms with Gasteiger partial charge in [-0.15, -0.1) is 0 Å². The van der Waals surface area contributed by atoms with Crippen LogP contribution in [0, 0.1) is 0 Å². The SMILES string of the molecule is CNc1ncnc2cc(OCCOC)c(NC=O)cc12. The van der Waals surface area contributed by atoms with Crippen molar-refractivity contribution < 1.29 is 14.3 Å². The standard InChI is InChI=1S/C13H16N4O3/c1-14-13-9-5-11(17-8-18)12(20-4-3-19-2)6-10(9)15-7-16-13/h5-8H,3-4H2,1-2H3,(H,17,18)(H,14,15,16). The van der Waals surface area contributed by atoms with E-state index < -0.39 is 0 Å². The summed E-state index contributed by atoms with van der Waals surface area (Å²) in [5.74, 6) is 1.23. The lowest BCUT2D eigenvalue weighted by atomic mass is 10.2. The summed E-state index contributed by atoms with van der Waals surface area (Å²) in [4.78, 5) is 19.0. The summed E-state index contributed by atoms with van der Waals surface area (Å²) < 4.78 is 10.5. The predicted octanol–water partition coefficient (Wildman–Crippen LogP) is 1.26. The molecule has 1 aromatic carbocycles. The van der Waals surface area contributed by atoms with E-state index in [0.717, 1.165) is 10.9 Å². The number of carbonyl (C=O) groups is 1. The van der Waals surface area contributed by atoms with Gasteiger partial charge in [0.15, 0.2) is 0 Å². The van der Waals surface area contributed by atoms with Crippen LogP contribution >= 0.6 is 0 Å². The number of ether oxygens (including phenoxy) is 2. The fourth-order valence-electron chi connectivity index (χ4n) is 1.81. The van der Waals surface area contributed by atoms with E-state index >= 15 is 0 Å². The molecule has 1 heterocycles. The molecule has 0 aliphatic carbocycles. The first-order chi connectivity index (χ1) is 9.80. The molecule has 2 aromatic rings. The number of rotatable bonds is 7. The van der Waals surface area contributed by atoms with Crippen molar-refractivity contribution in [3.8, 4) is 5.75 Å². The molecule has 0 unspecified atom stereocenters. The van der Waals surface area contributed by atoms with E-state index in [0.29, 0.717) is 36.9 Å². The van der Waals surface area contributed by atoms with Gasteiger partial charge in [0.2, 0.25) is 6.41 Å². The Morgan fingerprint density at radius 1 is 1.30 bits per heavy atom. The highest BCUT2D eigenvalue weighted by atomic mass is 16.5. The molecule has 0 aliphatic heterocycles. The number of carbonyl (C=O) groups excluding carboxylic acids is 1. The second kappa shape index (κ2) is 6.67. The number of hydrogen-bond donors (Lipinski definition) is 2. The van der Waals surface area contributed by atoms with Crippen molar-refractivity contribution in [1.29, 1.82) is 0 Å². The van der Waals surface area contributed by atoms with Crippen LogP contribution < -0.4 is 15.4 Å². The summed E-state index contributed by atoms with van der Waals surface area (Å²) in [5, 5.41) is 6.40. The molecule has 0 aliphatic rings. The van der Waals surface area contributed by atoms with Gasteiger partial charge in [-0.2, -0.15) is 0 Å². The number of amides is 1. The second-order valence-corrected chi connectivity index (χ2v) is 3.94. The van der Waals surface area contributed by atoms with Crippen LogP contribution in [0.15, 0.2) is 18.5 Å². The molecule has 0 saturated carbocycles. The number of hydrogen-bond acceptors (Lipinski definition) is 6. The molecule has 0 saturated heterocycles. The van der Waals surface area contributed by atoms with Gasteiger partial charge in [-0.3, -0.25) is 4.79 Å². The minimum atomic E-state index is 0.388. The van der Waals surface area contributed by atoms with Gasteiger partial charge >= 0.3 is 0 Å². The average molecular weight is 276 g/mol. The van der Waals surface area contributed by atoms with Gasteiger partial charge < -0.3 is 20.1 Å². The van der Waals surface area contributed by atoms with Crippen LogP contribution in [0.25, 0.3) is 10.9 Å². The number of methoxy groups -OCH3 is 1. The quantitative estimate of drug-likeness (QED) is 0.585. The van der Waals surface area contributed by atoms with Crippen LogP contribution in [0.5, 0.6) is 5.75 Å². The highest BCUT2D eigenvalue weighted by Crippen LogP contribution is 2.31. The van der Waals surface area contributed by atoms with E-state index in [1.54, 1.807) is 26.3 Å².